The van der Waals surface area contributed by atoms with E-state index in [1.807, 2.05) is 37.3 Å². The average Bonchev–Trinajstić information content (AvgIpc) is 2.93. The van der Waals surface area contributed by atoms with E-state index in [9.17, 15) is 28.1 Å². The highest BCUT2D eigenvalue weighted by Gasteiger charge is 2.19. The summed E-state index contributed by atoms with van der Waals surface area (Å²) in [5.41, 5.74) is 2.52. The number of rotatable bonds is 9. The molecule has 4 aromatic rings. The number of aryl methyl sites for hydroxylation is 1. The van der Waals surface area contributed by atoms with Crippen LogP contribution in [0, 0.1) is 17.0 Å². The lowest BCUT2D eigenvalue weighted by Crippen LogP contribution is -2.24. The maximum atomic E-state index is 12.6. The maximum Gasteiger partial charge on any atom is 0.269 e. The Labute approximate surface area is 225 Å². The molecule has 0 aliphatic carbocycles. The Hall–Kier alpha value is -5.03. The number of nitro benzene ring substituents is 1. The zero-order chi connectivity index (χ0) is 28.3. The molecule has 39 heavy (non-hydrogen) atoms. The molecule has 0 saturated heterocycles. The third-order valence-electron chi connectivity index (χ3n) is 5.22. The van der Waals surface area contributed by atoms with Crippen molar-refractivity contribution < 1.29 is 27.7 Å². The van der Waals surface area contributed by atoms with Crippen molar-refractivity contribution in [3.63, 3.8) is 0 Å². The number of nitrogens with one attached hydrogen (secondary N) is 2. The minimum Gasteiger partial charge on any atom is -0.489 e. The smallest absolute Gasteiger partial charge is 0.269 e. The monoisotopic (exact) mass is 547 g/mol. The van der Waals surface area contributed by atoms with E-state index in [-0.39, 0.29) is 22.7 Å². The van der Waals surface area contributed by atoms with Crippen LogP contribution in [-0.4, -0.2) is 25.7 Å². The van der Waals surface area contributed by atoms with E-state index in [1.165, 1.54) is 30.3 Å². The van der Waals surface area contributed by atoms with Crippen molar-refractivity contribution >= 4 is 33.7 Å². The lowest BCUT2D eigenvalue weighted by Gasteiger charge is -2.12. The first-order chi connectivity index (χ1) is 18.7. The predicted octanol–water partition coefficient (Wildman–Crippen LogP) is 4.86. The van der Waals surface area contributed by atoms with Crippen LogP contribution in [0.15, 0.2) is 108 Å². The number of ether oxygens (including phenoxy) is 1. The Balaban J connectivity index is 0.000000353. The molecule has 200 valence electrons. The summed E-state index contributed by atoms with van der Waals surface area (Å²) >= 11 is 0. The number of nitro groups is 1. The fourth-order valence-electron chi connectivity index (χ4n) is 3.26. The molecular formula is C28H25N3O7S. The quantitative estimate of drug-likeness (QED) is 0.173. The molecule has 0 spiro atoms. The van der Waals surface area contributed by atoms with Gasteiger partial charge in [-0.3, -0.25) is 24.4 Å². The number of anilines is 1. The molecule has 0 heterocycles. The van der Waals surface area contributed by atoms with Gasteiger partial charge in [-0.25, -0.2) is 8.42 Å². The van der Waals surface area contributed by atoms with Gasteiger partial charge in [0.15, 0.2) is 0 Å². The number of benzene rings is 4. The SMILES string of the molecule is Cc1ccc([N+](=O)[O-])cc1.O=CNS(=O)(=O)c1ccccc1NC(=O)c1cccc(OCc2ccccc2)c1. The zero-order valence-corrected chi connectivity index (χ0v) is 21.6. The first-order valence-corrected chi connectivity index (χ1v) is 13.0. The largest absolute Gasteiger partial charge is 0.489 e. The highest BCUT2D eigenvalue weighted by Crippen LogP contribution is 2.22. The van der Waals surface area contributed by atoms with Gasteiger partial charge in [0.1, 0.15) is 17.3 Å². The van der Waals surface area contributed by atoms with E-state index in [4.69, 9.17) is 4.74 Å². The Bertz CT molecular complexity index is 1540. The van der Waals surface area contributed by atoms with Crippen molar-refractivity contribution in [3.8, 4) is 5.75 Å². The molecule has 11 heteroatoms. The standard InChI is InChI=1S/C21H18N2O5S.C7H7NO2/c24-15-22-29(26,27)20-12-5-4-11-19(20)23-21(25)17-9-6-10-18(13-17)28-14-16-7-2-1-3-8-16;1-6-2-4-7(5-3-6)8(9)10/h1-13,15H,14H2,(H,22,24)(H,23,25);2-5H,1H3. The van der Waals surface area contributed by atoms with Crippen molar-refractivity contribution in [2.24, 2.45) is 0 Å². The molecule has 0 saturated carbocycles. The average molecular weight is 548 g/mol. The van der Waals surface area contributed by atoms with Crippen LogP contribution in [0.1, 0.15) is 21.5 Å². The van der Waals surface area contributed by atoms with E-state index in [0.717, 1.165) is 11.1 Å². The van der Waals surface area contributed by atoms with Crippen LogP contribution in [0.25, 0.3) is 0 Å². The van der Waals surface area contributed by atoms with Crippen molar-refractivity contribution in [2.45, 2.75) is 18.4 Å². The second-order valence-electron chi connectivity index (χ2n) is 8.08. The molecule has 0 radical (unpaired) electrons. The molecule has 0 bridgehead atoms. The predicted molar refractivity (Wildman–Crippen MR) is 146 cm³/mol. The van der Waals surface area contributed by atoms with Gasteiger partial charge in [-0.15, -0.1) is 0 Å². The number of sulfonamides is 1. The van der Waals surface area contributed by atoms with Crippen LogP contribution < -0.4 is 14.8 Å². The third kappa shape index (κ3) is 8.51. The molecule has 0 aromatic heterocycles. The zero-order valence-electron chi connectivity index (χ0n) is 20.8. The highest BCUT2D eigenvalue weighted by molar-refractivity contribution is 7.90. The van der Waals surface area contributed by atoms with Crippen LogP contribution in [0.5, 0.6) is 5.75 Å². The van der Waals surface area contributed by atoms with Crippen LogP contribution in [0.4, 0.5) is 11.4 Å². The number of non-ortho nitro benzene ring substituents is 1. The Morgan fingerprint density at radius 2 is 1.59 bits per heavy atom. The van der Waals surface area contributed by atoms with Gasteiger partial charge in [0.25, 0.3) is 21.6 Å². The molecule has 2 amide bonds. The number of hydrogen-bond donors (Lipinski definition) is 2. The summed E-state index contributed by atoms with van der Waals surface area (Å²) in [7, 11) is -4.07. The second-order valence-corrected chi connectivity index (χ2v) is 9.77. The summed E-state index contributed by atoms with van der Waals surface area (Å²) < 4.78 is 31.7. The van der Waals surface area contributed by atoms with Gasteiger partial charge in [-0.05, 0) is 42.8 Å². The fraction of sp³-hybridized carbons (Fsp3) is 0.0714. The van der Waals surface area contributed by atoms with E-state index >= 15 is 0 Å². The van der Waals surface area contributed by atoms with Crippen LogP contribution in [-0.2, 0) is 21.4 Å². The van der Waals surface area contributed by atoms with Gasteiger partial charge in [-0.2, -0.15) is 0 Å². The van der Waals surface area contributed by atoms with Crippen LogP contribution in [0.3, 0.4) is 0 Å². The molecule has 0 aliphatic rings. The van der Waals surface area contributed by atoms with Gasteiger partial charge in [0.05, 0.1) is 10.6 Å². The minimum atomic E-state index is -4.07. The summed E-state index contributed by atoms with van der Waals surface area (Å²) in [6.45, 7) is 2.24. The fourth-order valence-corrected chi connectivity index (χ4v) is 4.18. The van der Waals surface area contributed by atoms with Crippen molar-refractivity contribution in [2.75, 3.05) is 5.32 Å². The number of carbonyl (C=O) groups is 2. The lowest BCUT2D eigenvalue weighted by atomic mass is 10.2. The van der Waals surface area contributed by atoms with Gasteiger partial charge in [0.2, 0.25) is 6.41 Å². The maximum absolute atomic E-state index is 12.6. The van der Waals surface area contributed by atoms with Crippen LogP contribution >= 0.6 is 0 Å². The molecule has 4 aromatic carbocycles. The highest BCUT2D eigenvalue weighted by atomic mass is 32.2. The molecule has 0 fully saturated rings. The third-order valence-corrected chi connectivity index (χ3v) is 6.56. The topological polar surface area (TPSA) is 145 Å². The minimum absolute atomic E-state index is 0.0578. The Morgan fingerprint density at radius 1 is 0.923 bits per heavy atom. The summed E-state index contributed by atoms with van der Waals surface area (Å²) in [6.07, 6.45) is 0.0709. The van der Waals surface area contributed by atoms with Crippen molar-refractivity contribution in [1.82, 2.24) is 4.72 Å². The Morgan fingerprint density at radius 3 is 2.26 bits per heavy atom. The summed E-state index contributed by atoms with van der Waals surface area (Å²) in [5.74, 6) is -0.00561. The van der Waals surface area contributed by atoms with E-state index < -0.39 is 20.9 Å². The molecular weight excluding hydrogens is 522 g/mol. The molecule has 0 aliphatic heterocycles. The number of hydrogen-bond acceptors (Lipinski definition) is 7. The molecule has 0 atom stereocenters. The van der Waals surface area contributed by atoms with Crippen LogP contribution in [0.2, 0.25) is 0 Å². The van der Waals surface area contributed by atoms with E-state index in [2.05, 4.69) is 5.32 Å². The number of nitrogens with zero attached hydrogens (tertiary/aromatic N) is 1. The molecule has 10 nitrogen and oxygen atoms in total. The number of para-hydroxylation sites is 1. The molecule has 4 rings (SSSR count). The number of amides is 2. The van der Waals surface area contributed by atoms with Crippen molar-refractivity contribution in [1.29, 1.82) is 0 Å². The van der Waals surface area contributed by atoms with Crippen molar-refractivity contribution in [3.05, 3.63) is 130 Å². The van der Waals surface area contributed by atoms with E-state index in [1.54, 1.807) is 47.2 Å². The summed E-state index contributed by atoms with van der Waals surface area (Å²) in [5, 5.41) is 12.7. The number of carbonyl (C=O) groups excluding carboxylic acids is 2. The molecule has 0 unspecified atom stereocenters. The first-order valence-electron chi connectivity index (χ1n) is 11.5. The lowest BCUT2D eigenvalue weighted by molar-refractivity contribution is -0.384. The van der Waals surface area contributed by atoms with E-state index in [0.29, 0.717) is 17.9 Å². The van der Waals surface area contributed by atoms with Gasteiger partial charge in [-0.1, -0.05) is 66.2 Å². The second kappa shape index (κ2) is 13.5. The summed E-state index contributed by atoms with van der Waals surface area (Å²) in [6, 6.07) is 28.4. The summed E-state index contributed by atoms with van der Waals surface area (Å²) in [4.78, 5) is 32.7. The molecule has 2 N–H and O–H groups in total. The van der Waals surface area contributed by atoms with Gasteiger partial charge >= 0.3 is 0 Å². The van der Waals surface area contributed by atoms with Gasteiger partial charge < -0.3 is 10.1 Å². The Kier molecular flexibility index (Phi) is 9.88. The van der Waals surface area contributed by atoms with Gasteiger partial charge in [0, 0.05) is 17.7 Å². The first kappa shape index (κ1) is 28.5. The normalized spacial score (nSPS) is 10.4.